The molecule has 2 aromatic rings. The number of rotatable bonds is 5. The van der Waals surface area contributed by atoms with Crippen molar-refractivity contribution in [2.24, 2.45) is 4.99 Å². The number of hydrogen-bond donors (Lipinski definition) is 1. The van der Waals surface area contributed by atoms with Crippen LogP contribution in [0.1, 0.15) is 22.5 Å². The third kappa shape index (κ3) is 6.23. The highest BCUT2D eigenvalue weighted by molar-refractivity contribution is 14.0. The zero-order chi connectivity index (χ0) is 19.1. The number of hydrogen-bond acceptors (Lipinski definition) is 3. The number of carbonyl (C=O) groups excluding carboxylic acids is 1. The third-order valence-electron chi connectivity index (χ3n) is 4.62. The van der Waals surface area contributed by atoms with Gasteiger partial charge in [0, 0.05) is 44.2 Å². The summed E-state index contributed by atoms with van der Waals surface area (Å²) < 4.78 is 6.33. The molecular formula is C20H26BrIN4O2. The fraction of sp³-hybridized carbons (Fsp3) is 0.400. The number of guanidine groups is 1. The lowest BCUT2D eigenvalue weighted by molar-refractivity contribution is 0.0658. The molecule has 0 saturated carbocycles. The number of aliphatic imine (C=N–C) groups is 1. The molecule has 0 unspecified atom stereocenters. The Morgan fingerprint density at radius 3 is 2.57 bits per heavy atom. The van der Waals surface area contributed by atoms with Crippen LogP contribution in [0.3, 0.4) is 0 Å². The van der Waals surface area contributed by atoms with Gasteiger partial charge in [-0.05, 0) is 42.7 Å². The van der Waals surface area contributed by atoms with Crippen molar-refractivity contribution in [1.29, 1.82) is 0 Å². The molecule has 152 valence electrons. The summed E-state index contributed by atoms with van der Waals surface area (Å²) in [4.78, 5) is 20.8. The minimum atomic E-state index is -0.0448. The molecule has 1 aromatic heterocycles. The zero-order valence-electron chi connectivity index (χ0n) is 15.9. The smallest absolute Gasteiger partial charge is 0.289 e. The largest absolute Gasteiger partial charge is 0.459 e. The molecular weight excluding hydrogens is 535 g/mol. The van der Waals surface area contributed by atoms with Gasteiger partial charge in [0.1, 0.15) is 0 Å². The lowest BCUT2D eigenvalue weighted by Gasteiger charge is -2.36. The maximum absolute atomic E-state index is 12.3. The molecule has 1 N–H and O–H groups in total. The molecule has 0 radical (unpaired) electrons. The average molecular weight is 561 g/mol. The number of amides is 1. The standard InChI is InChI=1S/C20H25BrN4O2.HI/c1-22-20(23-9-3-6-16-5-2-7-17(21)15-16)25-12-10-24(11-13-25)19(26)18-8-4-14-27-18;/h2,4-5,7-8,14-15H,3,6,9-13H2,1H3,(H,22,23);1H. The molecule has 0 atom stereocenters. The van der Waals surface area contributed by atoms with Gasteiger partial charge >= 0.3 is 0 Å². The van der Waals surface area contributed by atoms with Crippen LogP contribution < -0.4 is 5.32 Å². The first-order chi connectivity index (χ1) is 13.2. The Hall–Kier alpha value is -1.55. The molecule has 1 aromatic carbocycles. The molecule has 0 bridgehead atoms. The molecule has 1 aliphatic rings. The number of carbonyl (C=O) groups is 1. The predicted octanol–water partition coefficient (Wildman–Crippen LogP) is 3.63. The maximum Gasteiger partial charge on any atom is 0.289 e. The van der Waals surface area contributed by atoms with E-state index in [1.54, 1.807) is 19.2 Å². The van der Waals surface area contributed by atoms with E-state index in [9.17, 15) is 4.79 Å². The Labute approximate surface area is 191 Å². The highest BCUT2D eigenvalue weighted by atomic mass is 127. The van der Waals surface area contributed by atoms with E-state index < -0.39 is 0 Å². The fourth-order valence-corrected chi connectivity index (χ4v) is 3.64. The monoisotopic (exact) mass is 560 g/mol. The number of aryl methyl sites for hydroxylation is 1. The topological polar surface area (TPSA) is 61.1 Å². The summed E-state index contributed by atoms with van der Waals surface area (Å²) >= 11 is 3.51. The molecule has 2 heterocycles. The van der Waals surface area contributed by atoms with Crippen LogP contribution in [-0.4, -0.2) is 61.4 Å². The molecule has 6 nitrogen and oxygen atoms in total. The van der Waals surface area contributed by atoms with Gasteiger partial charge in [-0.2, -0.15) is 0 Å². The maximum atomic E-state index is 12.3. The van der Waals surface area contributed by atoms with Crippen molar-refractivity contribution in [3.63, 3.8) is 0 Å². The Morgan fingerprint density at radius 1 is 1.18 bits per heavy atom. The van der Waals surface area contributed by atoms with E-state index in [2.05, 4.69) is 49.3 Å². The first kappa shape index (κ1) is 22.7. The first-order valence-electron chi connectivity index (χ1n) is 9.20. The van der Waals surface area contributed by atoms with Crippen LogP contribution in [0.4, 0.5) is 0 Å². The number of halogens is 2. The summed E-state index contributed by atoms with van der Waals surface area (Å²) in [6.45, 7) is 3.72. The van der Waals surface area contributed by atoms with Gasteiger partial charge in [0.05, 0.1) is 6.26 Å². The Morgan fingerprint density at radius 2 is 1.93 bits per heavy atom. The predicted molar refractivity (Wildman–Crippen MR) is 125 cm³/mol. The van der Waals surface area contributed by atoms with E-state index in [1.807, 2.05) is 11.0 Å². The van der Waals surface area contributed by atoms with Gasteiger partial charge in [-0.1, -0.05) is 28.1 Å². The SMILES string of the molecule is CN=C(NCCCc1cccc(Br)c1)N1CCN(C(=O)c2ccco2)CC1.I. The number of benzene rings is 1. The highest BCUT2D eigenvalue weighted by Gasteiger charge is 2.24. The second kappa shape index (κ2) is 11.5. The third-order valence-corrected chi connectivity index (χ3v) is 5.12. The van der Waals surface area contributed by atoms with Gasteiger partial charge in [0.15, 0.2) is 11.7 Å². The molecule has 0 aliphatic carbocycles. The molecule has 1 aliphatic heterocycles. The summed E-state index contributed by atoms with van der Waals surface area (Å²) in [7, 11) is 1.80. The van der Waals surface area contributed by atoms with Gasteiger partial charge in [-0.3, -0.25) is 9.79 Å². The van der Waals surface area contributed by atoms with E-state index in [4.69, 9.17) is 4.42 Å². The van der Waals surface area contributed by atoms with Crippen LogP contribution in [-0.2, 0) is 6.42 Å². The quantitative estimate of drug-likeness (QED) is 0.263. The van der Waals surface area contributed by atoms with Gasteiger partial charge in [-0.25, -0.2) is 0 Å². The van der Waals surface area contributed by atoms with E-state index in [-0.39, 0.29) is 29.9 Å². The summed E-state index contributed by atoms with van der Waals surface area (Å²) in [5.74, 6) is 1.25. The van der Waals surface area contributed by atoms with Crippen molar-refractivity contribution in [2.45, 2.75) is 12.8 Å². The van der Waals surface area contributed by atoms with Crippen molar-refractivity contribution < 1.29 is 9.21 Å². The Balaban J connectivity index is 0.00000280. The highest BCUT2D eigenvalue weighted by Crippen LogP contribution is 2.13. The number of nitrogens with zero attached hydrogens (tertiary/aromatic N) is 3. The first-order valence-corrected chi connectivity index (χ1v) is 9.99. The Kier molecular flexibility index (Phi) is 9.30. The van der Waals surface area contributed by atoms with E-state index >= 15 is 0 Å². The fourth-order valence-electron chi connectivity index (χ4n) is 3.19. The molecule has 1 amide bonds. The summed E-state index contributed by atoms with van der Waals surface area (Å²) in [5.41, 5.74) is 1.33. The number of piperazine rings is 1. The molecule has 1 saturated heterocycles. The molecule has 28 heavy (non-hydrogen) atoms. The summed E-state index contributed by atoms with van der Waals surface area (Å²) in [6, 6.07) is 11.9. The van der Waals surface area contributed by atoms with Crippen LogP contribution in [0.2, 0.25) is 0 Å². The summed E-state index contributed by atoms with van der Waals surface area (Å²) in [6.07, 6.45) is 3.59. The lowest BCUT2D eigenvalue weighted by atomic mass is 10.1. The van der Waals surface area contributed by atoms with Crippen molar-refractivity contribution in [3.8, 4) is 0 Å². The lowest BCUT2D eigenvalue weighted by Crippen LogP contribution is -2.53. The minimum Gasteiger partial charge on any atom is -0.459 e. The molecule has 0 spiro atoms. The second-order valence-corrected chi connectivity index (χ2v) is 7.38. The summed E-state index contributed by atoms with van der Waals surface area (Å²) in [5, 5.41) is 3.44. The van der Waals surface area contributed by atoms with Crippen LogP contribution in [0.15, 0.2) is 56.5 Å². The van der Waals surface area contributed by atoms with Crippen LogP contribution in [0.5, 0.6) is 0 Å². The second-order valence-electron chi connectivity index (χ2n) is 6.46. The average Bonchev–Trinajstić information content (AvgIpc) is 3.23. The van der Waals surface area contributed by atoms with Crippen LogP contribution in [0.25, 0.3) is 0 Å². The van der Waals surface area contributed by atoms with Crippen molar-refractivity contribution in [3.05, 3.63) is 58.5 Å². The van der Waals surface area contributed by atoms with Gasteiger partial charge in [-0.15, -0.1) is 24.0 Å². The van der Waals surface area contributed by atoms with Crippen LogP contribution in [0, 0.1) is 0 Å². The molecule has 8 heteroatoms. The number of furan rings is 1. The normalized spacial score (nSPS) is 14.6. The molecule has 3 rings (SSSR count). The van der Waals surface area contributed by atoms with Gasteiger partial charge < -0.3 is 19.5 Å². The van der Waals surface area contributed by atoms with E-state index in [0.29, 0.717) is 18.8 Å². The molecule has 1 fully saturated rings. The van der Waals surface area contributed by atoms with Gasteiger partial charge in [0.2, 0.25) is 0 Å². The minimum absolute atomic E-state index is 0. The van der Waals surface area contributed by atoms with Crippen molar-refractivity contribution in [1.82, 2.24) is 15.1 Å². The van der Waals surface area contributed by atoms with Gasteiger partial charge in [0.25, 0.3) is 5.91 Å². The van der Waals surface area contributed by atoms with Crippen molar-refractivity contribution >= 4 is 51.8 Å². The van der Waals surface area contributed by atoms with Crippen molar-refractivity contribution in [2.75, 3.05) is 39.8 Å². The van der Waals surface area contributed by atoms with Crippen LogP contribution >= 0.6 is 39.9 Å². The number of nitrogens with one attached hydrogen (secondary N) is 1. The zero-order valence-corrected chi connectivity index (χ0v) is 19.9. The van der Waals surface area contributed by atoms with E-state index in [0.717, 1.165) is 42.9 Å². The Bertz CT molecular complexity index is 774. The van der Waals surface area contributed by atoms with E-state index in [1.165, 1.54) is 11.8 Å².